The van der Waals surface area contributed by atoms with E-state index >= 15 is 0 Å². The van der Waals surface area contributed by atoms with Gasteiger partial charge >= 0.3 is 0 Å². The van der Waals surface area contributed by atoms with Crippen LogP contribution in [-0.4, -0.2) is 12.5 Å². The van der Waals surface area contributed by atoms with Crippen molar-refractivity contribution in [2.24, 2.45) is 29.1 Å². The smallest absolute Gasteiger partial charge is 0.249 e. The molecule has 3 nitrogen and oxygen atoms in total. The van der Waals surface area contributed by atoms with Crippen molar-refractivity contribution in [1.82, 2.24) is 5.48 Å². The standard InChI is InChI=1S/C15H25NO2/c1-10(2)9-18-16-14(17)15-6-11-3-12(7-15)5-13(4-11)8-15/h10-13H,3-9H2,1-2H3,(H,16,17). The third-order valence-electron chi connectivity index (χ3n) is 5.10. The van der Waals surface area contributed by atoms with Crippen LogP contribution in [0.3, 0.4) is 0 Å². The van der Waals surface area contributed by atoms with Crippen LogP contribution in [0.1, 0.15) is 52.4 Å². The van der Waals surface area contributed by atoms with Crippen LogP contribution in [-0.2, 0) is 9.63 Å². The largest absolute Gasteiger partial charge is 0.273 e. The zero-order chi connectivity index (χ0) is 12.8. The Hall–Kier alpha value is -0.570. The van der Waals surface area contributed by atoms with Crippen molar-refractivity contribution in [2.75, 3.05) is 6.61 Å². The van der Waals surface area contributed by atoms with Gasteiger partial charge in [-0.15, -0.1) is 0 Å². The normalized spacial score (nSPS) is 41.4. The SMILES string of the molecule is CC(C)CONC(=O)C12CC3CC(CC(C3)C1)C2. The van der Waals surface area contributed by atoms with Gasteiger partial charge in [-0.25, -0.2) is 5.48 Å². The Morgan fingerprint density at radius 1 is 1.17 bits per heavy atom. The minimum Gasteiger partial charge on any atom is -0.273 e. The number of nitrogens with one attached hydrogen (secondary N) is 1. The topological polar surface area (TPSA) is 38.3 Å². The van der Waals surface area contributed by atoms with E-state index in [1.165, 1.54) is 19.3 Å². The summed E-state index contributed by atoms with van der Waals surface area (Å²) >= 11 is 0. The minimum atomic E-state index is -0.0776. The molecule has 102 valence electrons. The highest BCUT2D eigenvalue weighted by molar-refractivity contribution is 5.82. The Labute approximate surface area is 110 Å². The van der Waals surface area contributed by atoms with E-state index in [0.717, 1.165) is 37.0 Å². The van der Waals surface area contributed by atoms with Crippen molar-refractivity contribution >= 4 is 5.91 Å². The van der Waals surface area contributed by atoms with Crippen LogP contribution in [0.5, 0.6) is 0 Å². The molecule has 3 heteroatoms. The highest BCUT2D eigenvalue weighted by Gasteiger charge is 2.54. The summed E-state index contributed by atoms with van der Waals surface area (Å²) in [5, 5.41) is 0. The molecule has 1 amide bonds. The summed E-state index contributed by atoms with van der Waals surface area (Å²) in [5.41, 5.74) is 2.65. The van der Waals surface area contributed by atoms with Crippen LogP contribution in [0, 0.1) is 29.1 Å². The maximum atomic E-state index is 12.4. The van der Waals surface area contributed by atoms with Gasteiger partial charge in [-0.2, -0.15) is 0 Å². The third-order valence-corrected chi connectivity index (χ3v) is 5.10. The van der Waals surface area contributed by atoms with Crippen LogP contribution >= 0.6 is 0 Å². The second-order valence-corrected chi connectivity index (χ2v) is 7.33. The molecule has 0 unspecified atom stereocenters. The first-order valence-corrected chi connectivity index (χ1v) is 7.49. The molecule has 18 heavy (non-hydrogen) atoms. The lowest BCUT2D eigenvalue weighted by Crippen LogP contribution is -2.53. The lowest BCUT2D eigenvalue weighted by atomic mass is 9.49. The van der Waals surface area contributed by atoms with Crippen molar-refractivity contribution < 1.29 is 9.63 Å². The summed E-state index contributed by atoms with van der Waals surface area (Å²) < 4.78 is 0. The molecular formula is C15H25NO2. The molecule has 4 bridgehead atoms. The van der Waals surface area contributed by atoms with E-state index in [4.69, 9.17) is 4.84 Å². The van der Waals surface area contributed by atoms with E-state index < -0.39 is 0 Å². The van der Waals surface area contributed by atoms with Gasteiger partial charge in [-0.3, -0.25) is 9.63 Å². The lowest BCUT2D eigenvalue weighted by Gasteiger charge is -2.55. The molecule has 4 aliphatic carbocycles. The van der Waals surface area contributed by atoms with E-state index in [9.17, 15) is 4.79 Å². The number of hydrogen-bond donors (Lipinski definition) is 1. The molecule has 1 N–H and O–H groups in total. The van der Waals surface area contributed by atoms with Crippen molar-refractivity contribution in [2.45, 2.75) is 52.4 Å². The number of hydrogen-bond acceptors (Lipinski definition) is 2. The maximum Gasteiger partial charge on any atom is 0.249 e. The first-order valence-electron chi connectivity index (χ1n) is 7.49. The Morgan fingerprint density at radius 2 is 1.67 bits per heavy atom. The van der Waals surface area contributed by atoms with E-state index in [-0.39, 0.29) is 11.3 Å². The third kappa shape index (κ3) is 2.18. The molecule has 4 fully saturated rings. The molecule has 4 rings (SSSR count). The van der Waals surface area contributed by atoms with Crippen molar-refractivity contribution in [3.8, 4) is 0 Å². The first kappa shape index (κ1) is 12.5. The Balaban J connectivity index is 1.62. The van der Waals surface area contributed by atoms with Gasteiger partial charge in [0.2, 0.25) is 5.91 Å². The molecular weight excluding hydrogens is 226 g/mol. The van der Waals surface area contributed by atoms with E-state index in [1.54, 1.807) is 0 Å². The van der Waals surface area contributed by atoms with Gasteiger partial charge in [0, 0.05) is 0 Å². The van der Waals surface area contributed by atoms with E-state index in [1.807, 2.05) is 0 Å². The quantitative estimate of drug-likeness (QED) is 0.780. The fourth-order valence-corrected chi connectivity index (χ4v) is 4.77. The second-order valence-electron chi connectivity index (χ2n) is 7.33. The number of amides is 1. The number of hydroxylamine groups is 1. The molecule has 0 aromatic heterocycles. The Bertz CT molecular complexity index is 302. The van der Waals surface area contributed by atoms with Crippen LogP contribution in [0.25, 0.3) is 0 Å². The number of rotatable bonds is 4. The predicted molar refractivity (Wildman–Crippen MR) is 69.5 cm³/mol. The molecule has 0 aliphatic heterocycles. The van der Waals surface area contributed by atoms with Gasteiger partial charge in [0.15, 0.2) is 0 Å². The van der Waals surface area contributed by atoms with Crippen molar-refractivity contribution in [3.63, 3.8) is 0 Å². The van der Waals surface area contributed by atoms with Crippen LogP contribution < -0.4 is 5.48 Å². The fourth-order valence-electron chi connectivity index (χ4n) is 4.77. The van der Waals surface area contributed by atoms with Crippen LogP contribution in [0.2, 0.25) is 0 Å². The van der Waals surface area contributed by atoms with Gasteiger partial charge in [0.25, 0.3) is 0 Å². The maximum absolute atomic E-state index is 12.4. The fraction of sp³-hybridized carbons (Fsp3) is 0.933. The van der Waals surface area contributed by atoms with Gasteiger partial charge < -0.3 is 0 Å². The first-order chi connectivity index (χ1) is 8.57. The molecule has 0 radical (unpaired) electrons. The highest BCUT2D eigenvalue weighted by atomic mass is 16.7. The molecule has 0 saturated heterocycles. The summed E-state index contributed by atoms with van der Waals surface area (Å²) in [4.78, 5) is 17.8. The number of carbonyl (C=O) groups excluding carboxylic acids is 1. The summed E-state index contributed by atoms with van der Waals surface area (Å²) in [6.07, 6.45) is 7.44. The number of carbonyl (C=O) groups is 1. The van der Waals surface area contributed by atoms with Crippen LogP contribution in [0.4, 0.5) is 0 Å². The molecule has 4 aliphatic rings. The van der Waals surface area contributed by atoms with Crippen LogP contribution in [0.15, 0.2) is 0 Å². The summed E-state index contributed by atoms with van der Waals surface area (Å²) in [7, 11) is 0. The van der Waals surface area contributed by atoms with Crippen molar-refractivity contribution in [3.05, 3.63) is 0 Å². The average molecular weight is 251 g/mol. The monoisotopic (exact) mass is 251 g/mol. The molecule has 0 aromatic carbocycles. The van der Waals surface area contributed by atoms with Gasteiger partial charge in [0.05, 0.1) is 12.0 Å². The lowest BCUT2D eigenvalue weighted by molar-refractivity contribution is -0.159. The van der Waals surface area contributed by atoms with E-state index in [2.05, 4.69) is 19.3 Å². The molecule has 0 aromatic rings. The minimum absolute atomic E-state index is 0.0776. The Morgan fingerprint density at radius 3 is 2.11 bits per heavy atom. The predicted octanol–water partition coefficient (Wildman–Crippen LogP) is 2.91. The molecule has 4 saturated carbocycles. The zero-order valence-electron chi connectivity index (χ0n) is 11.6. The van der Waals surface area contributed by atoms with Gasteiger partial charge in [-0.1, -0.05) is 13.8 Å². The molecule has 0 heterocycles. The van der Waals surface area contributed by atoms with Crippen molar-refractivity contribution in [1.29, 1.82) is 0 Å². The Kier molecular flexibility index (Phi) is 3.13. The van der Waals surface area contributed by atoms with Gasteiger partial charge in [0.1, 0.15) is 0 Å². The summed E-state index contributed by atoms with van der Waals surface area (Å²) in [6, 6.07) is 0. The zero-order valence-corrected chi connectivity index (χ0v) is 11.6. The summed E-state index contributed by atoms with van der Waals surface area (Å²) in [5.74, 6) is 3.07. The average Bonchev–Trinajstić information content (AvgIpc) is 2.26. The van der Waals surface area contributed by atoms with E-state index in [0.29, 0.717) is 12.5 Å². The van der Waals surface area contributed by atoms with Gasteiger partial charge in [-0.05, 0) is 62.2 Å². The summed E-state index contributed by atoms with van der Waals surface area (Å²) in [6.45, 7) is 4.80. The molecule has 0 spiro atoms. The molecule has 0 atom stereocenters. The highest BCUT2D eigenvalue weighted by Crippen LogP contribution is 2.60. The second kappa shape index (κ2) is 4.52.